The fourth-order valence-corrected chi connectivity index (χ4v) is 6.39. The second-order valence-electron chi connectivity index (χ2n) is 11.2. The number of amides is 2. The van der Waals surface area contributed by atoms with Gasteiger partial charge in [-0.1, -0.05) is 22.1 Å². The summed E-state index contributed by atoms with van der Waals surface area (Å²) in [4.78, 5) is 27.5. The molecule has 1 aliphatic heterocycles. The molecule has 6 aromatic rings. The molecule has 0 saturated carbocycles. The van der Waals surface area contributed by atoms with Crippen LogP contribution in [0.4, 0.5) is 22.7 Å². The summed E-state index contributed by atoms with van der Waals surface area (Å²) in [5.41, 5.74) is 5.05. The number of rotatable bonds is 10. The van der Waals surface area contributed by atoms with Crippen molar-refractivity contribution < 1.29 is 38.3 Å². The maximum Gasteiger partial charge on any atom is 0.230 e. The van der Waals surface area contributed by atoms with Crippen molar-refractivity contribution in [2.75, 3.05) is 30.2 Å². The molecule has 50 heavy (non-hydrogen) atoms. The molecule has 5 N–H and O–H groups in total. The molecule has 0 saturated heterocycles. The Kier molecular flexibility index (Phi) is 8.75. The van der Waals surface area contributed by atoms with Gasteiger partial charge in [-0.3, -0.25) is 9.59 Å². The summed E-state index contributed by atoms with van der Waals surface area (Å²) in [6.07, 6.45) is -0.0263. The van der Waals surface area contributed by atoms with Crippen LogP contribution in [0.2, 0.25) is 0 Å². The fraction of sp³-hybridized carbons (Fsp3) is 0.111. The van der Waals surface area contributed by atoms with Crippen LogP contribution in [-0.2, 0) is 22.4 Å². The van der Waals surface area contributed by atoms with Crippen LogP contribution < -0.4 is 25.4 Å². The molecule has 0 fully saturated rings. The van der Waals surface area contributed by atoms with E-state index in [1.807, 2.05) is 36.4 Å². The highest BCUT2D eigenvalue weighted by molar-refractivity contribution is 7.99. The number of hydrogen-bond acceptors (Lipinski definition) is 12. The minimum absolute atomic E-state index is 0.0132. The Hall–Kier alpha value is -6.41. The van der Waals surface area contributed by atoms with Crippen molar-refractivity contribution in [2.24, 2.45) is 0 Å². The van der Waals surface area contributed by atoms with E-state index in [9.17, 15) is 19.8 Å². The molecule has 0 radical (unpaired) electrons. The minimum atomic E-state index is -0.275. The summed E-state index contributed by atoms with van der Waals surface area (Å²) in [5, 5.41) is 37.4. The number of phenols is 2. The first-order chi connectivity index (χ1) is 24.2. The van der Waals surface area contributed by atoms with Crippen LogP contribution in [0.1, 0.15) is 11.4 Å². The maximum atomic E-state index is 12.9. The van der Waals surface area contributed by atoms with Crippen LogP contribution in [0.5, 0.6) is 23.0 Å². The first-order valence-corrected chi connectivity index (χ1v) is 16.0. The van der Waals surface area contributed by atoms with E-state index in [2.05, 4.69) is 26.3 Å². The van der Waals surface area contributed by atoms with Gasteiger partial charge in [-0.15, -0.1) is 0 Å². The lowest BCUT2D eigenvalue weighted by Gasteiger charge is -2.22. The van der Waals surface area contributed by atoms with Gasteiger partial charge in [0.2, 0.25) is 11.8 Å². The Morgan fingerprint density at radius 2 is 1.14 bits per heavy atom. The van der Waals surface area contributed by atoms with Gasteiger partial charge >= 0.3 is 0 Å². The standard InChI is InChI=1S/C36H29N5O8S/c1-46-29-9-3-19(11-27(29)42)31-13-23(40-48-31)17-35(44)37-21-5-7-25-33(15-21)50-34-16-22(6-8-26(34)39-25)38-36(45)18-24-14-32(49-41-24)20-4-10-30(47-2)28(43)12-20/h3-16,39,42-43H,17-18H2,1-2H3,(H,37,44)(H,38,45). The number of nitrogens with one attached hydrogen (secondary N) is 3. The van der Waals surface area contributed by atoms with Gasteiger partial charge in [0.15, 0.2) is 34.5 Å². The second-order valence-corrected chi connectivity index (χ2v) is 12.3. The number of fused-ring (bicyclic) bond motifs is 2. The largest absolute Gasteiger partial charge is 0.504 e. The van der Waals surface area contributed by atoms with E-state index in [-0.39, 0.29) is 36.2 Å². The highest BCUT2D eigenvalue weighted by Crippen LogP contribution is 2.46. The zero-order valence-electron chi connectivity index (χ0n) is 26.6. The number of methoxy groups -OCH3 is 2. The van der Waals surface area contributed by atoms with Crippen molar-refractivity contribution in [1.29, 1.82) is 0 Å². The predicted molar refractivity (Wildman–Crippen MR) is 185 cm³/mol. The summed E-state index contributed by atoms with van der Waals surface area (Å²) >= 11 is 1.50. The zero-order chi connectivity index (χ0) is 34.8. The number of hydrogen-bond donors (Lipinski definition) is 5. The Labute approximate surface area is 289 Å². The van der Waals surface area contributed by atoms with Crippen LogP contribution >= 0.6 is 11.8 Å². The van der Waals surface area contributed by atoms with E-state index in [1.54, 1.807) is 36.4 Å². The van der Waals surface area contributed by atoms with Crippen molar-refractivity contribution >= 4 is 46.3 Å². The zero-order valence-corrected chi connectivity index (χ0v) is 27.5. The molecule has 1 aliphatic rings. The van der Waals surface area contributed by atoms with E-state index in [0.29, 0.717) is 56.9 Å². The number of aromatic nitrogens is 2. The van der Waals surface area contributed by atoms with Crippen LogP contribution in [0.15, 0.2) is 104 Å². The number of carbonyl (C=O) groups excluding carboxylic acids is 2. The number of phenolic OH excluding ortho intramolecular Hbond substituents is 2. The molecule has 2 amide bonds. The van der Waals surface area contributed by atoms with Gasteiger partial charge in [0.1, 0.15) is 0 Å². The second kappa shape index (κ2) is 13.6. The maximum absolute atomic E-state index is 12.9. The lowest BCUT2D eigenvalue weighted by atomic mass is 10.1. The molecule has 0 bridgehead atoms. The van der Waals surface area contributed by atoms with E-state index < -0.39 is 0 Å². The van der Waals surface area contributed by atoms with Gasteiger partial charge < -0.3 is 44.7 Å². The van der Waals surface area contributed by atoms with Gasteiger partial charge in [0.05, 0.1) is 49.8 Å². The van der Waals surface area contributed by atoms with E-state index in [0.717, 1.165) is 21.2 Å². The van der Waals surface area contributed by atoms with Crippen LogP contribution in [-0.4, -0.2) is 46.6 Å². The number of benzene rings is 4. The SMILES string of the molecule is COc1ccc(-c2cc(CC(=O)Nc3ccc4c(c3)Sc3cc(NC(=O)Cc5cc(-c6ccc(OC)c(O)c6)on5)ccc3N4)no2)cc1O. The molecule has 3 heterocycles. The van der Waals surface area contributed by atoms with Gasteiger partial charge in [0.25, 0.3) is 0 Å². The summed E-state index contributed by atoms with van der Waals surface area (Å²) in [6.45, 7) is 0. The average Bonchev–Trinajstić information content (AvgIpc) is 3.77. The number of aromatic hydroxyl groups is 2. The van der Waals surface area contributed by atoms with E-state index in [1.165, 1.54) is 38.1 Å². The average molecular weight is 692 g/mol. The molecule has 7 rings (SSSR count). The summed E-state index contributed by atoms with van der Waals surface area (Å²) in [7, 11) is 2.93. The monoisotopic (exact) mass is 691 g/mol. The van der Waals surface area contributed by atoms with Crippen molar-refractivity contribution in [3.8, 4) is 45.6 Å². The predicted octanol–water partition coefficient (Wildman–Crippen LogP) is 7.00. The molecule has 14 heteroatoms. The van der Waals surface area contributed by atoms with Crippen molar-refractivity contribution in [3.63, 3.8) is 0 Å². The van der Waals surface area contributed by atoms with Crippen LogP contribution in [0.25, 0.3) is 22.6 Å². The van der Waals surface area contributed by atoms with Crippen LogP contribution in [0.3, 0.4) is 0 Å². The number of carbonyl (C=O) groups is 2. The van der Waals surface area contributed by atoms with Gasteiger partial charge in [-0.2, -0.15) is 0 Å². The van der Waals surface area contributed by atoms with Crippen molar-refractivity contribution in [3.05, 3.63) is 96.3 Å². The number of ether oxygens (including phenoxy) is 2. The Balaban J connectivity index is 0.958. The first-order valence-electron chi connectivity index (χ1n) is 15.2. The van der Waals surface area contributed by atoms with Gasteiger partial charge in [0, 0.05) is 44.4 Å². The third kappa shape index (κ3) is 6.91. The molecule has 4 aromatic carbocycles. The molecule has 13 nitrogen and oxygen atoms in total. The first kappa shape index (κ1) is 32.2. The Bertz CT molecular complexity index is 2090. The van der Waals surface area contributed by atoms with Crippen molar-refractivity contribution in [1.82, 2.24) is 10.3 Å². The third-order valence-corrected chi connectivity index (χ3v) is 8.86. The molecule has 0 atom stereocenters. The highest BCUT2D eigenvalue weighted by atomic mass is 32.2. The molecule has 252 valence electrons. The smallest absolute Gasteiger partial charge is 0.230 e. The molecule has 0 spiro atoms. The fourth-order valence-electron chi connectivity index (χ4n) is 5.33. The molecule has 0 aliphatic carbocycles. The Morgan fingerprint density at radius 3 is 1.56 bits per heavy atom. The summed E-state index contributed by atoms with van der Waals surface area (Å²) < 4.78 is 20.9. The van der Waals surface area contributed by atoms with Crippen molar-refractivity contribution in [2.45, 2.75) is 22.6 Å². The lowest BCUT2D eigenvalue weighted by Crippen LogP contribution is -2.15. The lowest BCUT2D eigenvalue weighted by molar-refractivity contribution is -0.116. The van der Waals surface area contributed by atoms with Gasteiger partial charge in [-0.05, 0) is 72.8 Å². The minimum Gasteiger partial charge on any atom is -0.504 e. The number of nitrogens with zero attached hydrogens (tertiary/aromatic N) is 2. The third-order valence-electron chi connectivity index (χ3n) is 7.75. The molecule has 2 aromatic heterocycles. The topological polar surface area (TPSA) is 181 Å². The van der Waals surface area contributed by atoms with Crippen LogP contribution in [0, 0.1) is 0 Å². The highest BCUT2D eigenvalue weighted by Gasteiger charge is 2.19. The molecular formula is C36H29N5O8S. The van der Waals surface area contributed by atoms with E-state index >= 15 is 0 Å². The Morgan fingerprint density at radius 1 is 0.680 bits per heavy atom. The normalized spacial score (nSPS) is 11.6. The quantitative estimate of drug-likeness (QED) is 0.0993. The van der Waals surface area contributed by atoms with E-state index in [4.69, 9.17) is 18.5 Å². The molecular weight excluding hydrogens is 662 g/mol. The molecule has 0 unspecified atom stereocenters. The number of anilines is 4. The summed E-state index contributed by atoms with van der Waals surface area (Å²) in [5.74, 6) is 0.888. The summed E-state index contributed by atoms with van der Waals surface area (Å²) in [6, 6.07) is 24.1. The van der Waals surface area contributed by atoms with Gasteiger partial charge in [-0.25, -0.2) is 0 Å².